The Morgan fingerprint density at radius 2 is 1.44 bits per heavy atom. The van der Waals surface area contributed by atoms with Crippen molar-refractivity contribution >= 4 is 23.9 Å². The Bertz CT molecular complexity index is 1410. The van der Waals surface area contributed by atoms with Crippen molar-refractivity contribution in [3.8, 4) is 16.9 Å². The van der Waals surface area contributed by atoms with E-state index in [1.807, 2.05) is 69.3 Å². The molecule has 3 amide bonds. The second-order valence-electron chi connectivity index (χ2n) is 11.1. The van der Waals surface area contributed by atoms with E-state index in [0.717, 1.165) is 22.3 Å². The fourth-order valence-corrected chi connectivity index (χ4v) is 5.07. The number of imide groups is 1. The Morgan fingerprint density at radius 3 is 2.00 bits per heavy atom. The maximum atomic E-state index is 13.1. The van der Waals surface area contributed by atoms with Gasteiger partial charge in [0, 0.05) is 25.2 Å². The second-order valence-corrected chi connectivity index (χ2v) is 11.1. The number of benzene rings is 3. The Labute approximate surface area is 238 Å². The summed E-state index contributed by atoms with van der Waals surface area (Å²) in [6, 6.07) is 21.8. The number of nitrogens with one attached hydrogen (secondary N) is 1. The van der Waals surface area contributed by atoms with Crippen LogP contribution < -0.4 is 10.1 Å². The molecule has 0 radical (unpaired) electrons. The average molecular weight is 557 g/mol. The zero-order valence-corrected chi connectivity index (χ0v) is 23.2. The molecule has 1 fully saturated rings. The van der Waals surface area contributed by atoms with Crippen LogP contribution in [0.1, 0.15) is 56.2 Å². The van der Waals surface area contributed by atoms with Crippen LogP contribution in [0.15, 0.2) is 72.8 Å². The molecule has 1 aliphatic heterocycles. The van der Waals surface area contributed by atoms with E-state index in [2.05, 4.69) is 5.32 Å². The van der Waals surface area contributed by atoms with Gasteiger partial charge in [-0.2, -0.15) is 0 Å². The summed E-state index contributed by atoms with van der Waals surface area (Å²) in [6.07, 6.45) is -0.854. The van der Waals surface area contributed by atoms with Gasteiger partial charge in [0.25, 0.3) is 11.8 Å². The summed E-state index contributed by atoms with van der Waals surface area (Å²) in [5.41, 5.74) is 4.62. The fraction of sp³-hybridized carbons (Fsp3) is 0.312. The van der Waals surface area contributed by atoms with Gasteiger partial charge in [0.05, 0.1) is 0 Å². The summed E-state index contributed by atoms with van der Waals surface area (Å²) in [5.74, 6) is -1.66. The lowest BCUT2D eigenvalue weighted by atomic mass is 9.98. The zero-order valence-electron chi connectivity index (χ0n) is 23.2. The number of alkyl carbamates (subject to hydrolysis) is 1. The summed E-state index contributed by atoms with van der Waals surface area (Å²) in [6.45, 7) is 5.87. The third-order valence-electron chi connectivity index (χ3n) is 6.89. The molecule has 0 saturated carbocycles. The highest BCUT2D eigenvalue weighted by molar-refractivity contribution is 6.02. The Balaban J connectivity index is 1.29. The van der Waals surface area contributed by atoms with Gasteiger partial charge in [-0.05, 0) is 60.7 Å². The second kappa shape index (κ2) is 11.4. The first-order valence-corrected chi connectivity index (χ1v) is 13.6. The van der Waals surface area contributed by atoms with Crippen molar-refractivity contribution in [3.63, 3.8) is 0 Å². The number of hydroxylamine groups is 2. The third kappa shape index (κ3) is 6.40. The SMILES string of the molecule is CC(C)(C)Oc1ccc(C[C@H](NC(=O)OCC2c3ccccc3-c3ccccc32)C(=O)ON2C(=O)CCC2=O)cc1. The van der Waals surface area contributed by atoms with Gasteiger partial charge in [-0.1, -0.05) is 60.7 Å². The van der Waals surface area contributed by atoms with E-state index in [1.165, 1.54) is 0 Å². The van der Waals surface area contributed by atoms with Crippen LogP contribution in [0.25, 0.3) is 11.1 Å². The molecule has 3 aromatic carbocycles. The van der Waals surface area contributed by atoms with Crippen molar-refractivity contribution in [2.24, 2.45) is 0 Å². The lowest BCUT2D eigenvalue weighted by Gasteiger charge is -2.22. The first-order valence-electron chi connectivity index (χ1n) is 13.6. The monoisotopic (exact) mass is 556 g/mol. The number of rotatable bonds is 8. The summed E-state index contributed by atoms with van der Waals surface area (Å²) in [5, 5.41) is 3.04. The molecule has 41 heavy (non-hydrogen) atoms. The van der Waals surface area contributed by atoms with E-state index in [9.17, 15) is 19.2 Å². The van der Waals surface area contributed by atoms with Crippen LogP contribution in [0.5, 0.6) is 5.75 Å². The molecular formula is C32H32N2O7. The maximum Gasteiger partial charge on any atom is 0.407 e. The number of ether oxygens (including phenoxy) is 2. The number of hydrogen-bond acceptors (Lipinski definition) is 7. The summed E-state index contributed by atoms with van der Waals surface area (Å²) in [4.78, 5) is 55.3. The molecule has 3 aromatic rings. The smallest absolute Gasteiger partial charge is 0.407 e. The van der Waals surface area contributed by atoms with Crippen molar-refractivity contribution in [1.29, 1.82) is 0 Å². The molecule has 1 saturated heterocycles. The fourth-order valence-electron chi connectivity index (χ4n) is 5.07. The normalized spacial score (nSPS) is 15.2. The number of hydrogen-bond donors (Lipinski definition) is 1. The largest absolute Gasteiger partial charge is 0.488 e. The van der Waals surface area contributed by atoms with E-state index in [0.29, 0.717) is 16.4 Å². The Kier molecular flexibility index (Phi) is 7.79. The van der Waals surface area contributed by atoms with Gasteiger partial charge in [-0.25, -0.2) is 9.59 Å². The summed E-state index contributed by atoms with van der Waals surface area (Å²) in [7, 11) is 0. The molecule has 1 heterocycles. The number of fused-ring (bicyclic) bond motifs is 3. The summed E-state index contributed by atoms with van der Waals surface area (Å²) < 4.78 is 11.5. The molecule has 0 aromatic heterocycles. The van der Waals surface area contributed by atoms with Crippen molar-refractivity contribution in [2.75, 3.05) is 6.61 Å². The predicted molar refractivity (Wildman–Crippen MR) is 150 cm³/mol. The van der Waals surface area contributed by atoms with Crippen LogP contribution in [0.2, 0.25) is 0 Å². The molecule has 212 valence electrons. The molecule has 1 aliphatic carbocycles. The van der Waals surface area contributed by atoms with E-state index in [1.54, 1.807) is 24.3 Å². The minimum absolute atomic E-state index is 0.0359. The molecule has 0 spiro atoms. The molecule has 1 N–H and O–H groups in total. The van der Waals surface area contributed by atoms with Crippen LogP contribution in [-0.4, -0.2) is 47.2 Å². The summed E-state index contributed by atoms with van der Waals surface area (Å²) >= 11 is 0. The molecule has 9 heteroatoms. The van der Waals surface area contributed by atoms with E-state index in [-0.39, 0.29) is 37.4 Å². The molecule has 9 nitrogen and oxygen atoms in total. The molecule has 2 aliphatic rings. The zero-order chi connectivity index (χ0) is 29.1. The third-order valence-corrected chi connectivity index (χ3v) is 6.89. The Morgan fingerprint density at radius 1 is 0.878 bits per heavy atom. The number of amides is 3. The number of carbonyl (C=O) groups is 4. The minimum atomic E-state index is -1.22. The topological polar surface area (TPSA) is 111 Å². The van der Waals surface area contributed by atoms with Crippen molar-refractivity contribution in [2.45, 2.75) is 57.6 Å². The molecule has 0 bridgehead atoms. The van der Waals surface area contributed by atoms with Crippen LogP contribution in [-0.2, 0) is 30.4 Å². The molecule has 1 atom stereocenters. The highest BCUT2D eigenvalue weighted by Gasteiger charge is 2.36. The standard InChI is InChI=1S/C32H32N2O7/c1-32(2,3)40-21-14-12-20(13-15-21)18-27(30(37)41-34-28(35)16-17-29(34)36)33-31(38)39-19-26-24-10-6-4-8-22(24)23-9-5-7-11-25(23)26/h4-15,26-27H,16-19H2,1-3H3,(H,33,38)/t27-/m0/s1. The number of nitrogens with zero attached hydrogens (tertiary/aromatic N) is 1. The van der Waals surface area contributed by atoms with Crippen LogP contribution in [0, 0.1) is 0 Å². The lowest BCUT2D eigenvalue weighted by Crippen LogP contribution is -2.46. The highest BCUT2D eigenvalue weighted by Crippen LogP contribution is 2.44. The minimum Gasteiger partial charge on any atom is -0.488 e. The lowest BCUT2D eigenvalue weighted by molar-refractivity contribution is -0.198. The predicted octanol–water partition coefficient (Wildman–Crippen LogP) is 4.92. The van der Waals surface area contributed by atoms with Gasteiger partial charge in [-0.3, -0.25) is 9.59 Å². The maximum absolute atomic E-state index is 13.1. The van der Waals surface area contributed by atoms with Crippen LogP contribution in [0.4, 0.5) is 4.79 Å². The van der Waals surface area contributed by atoms with Gasteiger partial charge in [0.2, 0.25) is 0 Å². The van der Waals surface area contributed by atoms with Crippen LogP contribution in [0.3, 0.4) is 0 Å². The van der Waals surface area contributed by atoms with E-state index in [4.69, 9.17) is 14.3 Å². The van der Waals surface area contributed by atoms with E-state index < -0.39 is 29.9 Å². The number of carbonyl (C=O) groups excluding carboxylic acids is 4. The average Bonchev–Trinajstić information content (AvgIpc) is 3.43. The molecule has 0 unspecified atom stereocenters. The van der Waals surface area contributed by atoms with E-state index >= 15 is 0 Å². The van der Waals surface area contributed by atoms with Crippen molar-refractivity contribution in [3.05, 3.63) is 89.5 Å². The van der Waals surface area contributed by atoms with Gasteiger partial charge < -0.3 is 19.6 Å². The van der Waals surface area contributed by atoms with Gasteiger partial charge in [0.1, 0.15) is 24.0 Å². The van der Waals surface area contributed by atoms with Gasteiger partial charge in [-0.15, -0.1) is 5.06 Å². The van der Waals surface area contributed by atoms with Crippen LogP contribution >= 0.6 is 0 Å². The Hall–Kier alpha value is -4.66. The quantitative estimate of drug-likeness (QED) is 0.392. The molecular weight excluding hydrogens is 524 g/mol. The highest BCUT2D eigenvalue weighted by atomic mass is 16.7. The van der Waals surface area contributed by atoms with Crippen molar-refractivity contribution < 1.29 is 33.5 Å². The van der Waals surface area contributed by atoms with Gasteiger partial charge in [0.15, 0.2) is 0 Å². The van der Waals surface area contributed by atoms with Crippen molar-refractivity contribution in [1.82, 2.24) is 10.4 Å². The van der Waals surface area contributed by atoms with Gasteiger partial charge >= 0.3 is 12.1 Å². The first kappa shape index (κ1) is 27.9. The molecule has 5 rings (SSSR count). The first-order chi connectivity index (χ1) is 19.6.